The van der Waals surface area contributed by atoms with Crippen molar-refractivity contribution in [2.24, 2.45) is 0 Å². The average Bonchev–Trinajstić information content (AvgIpc) is 2.67. The molecule has 0 amide bonds. The van der Waals surface area contributed by atoms with Crippen molar-refractivity contribution < 1.29 is 14.4 Å². The molecule has 0 spiro atoms. The summed E-state index contributed by atoms with van der Waals surface area (Å²) in [5.74, 6) is 1.26. The summed E-state index contributed by atoms with van der Waals surface area (Å²) in [7, 11) is 0. The summed E-state index contributed by atoms with van der Waals surface area (Å²) in [6.07, 6.45) is -0.107. The van der Waals surface area contributed by atoms with Gasteiger partial charge in [-0.15, -0.1) is 0 Å². The molecule has 6 heteroatoms. The molecule has 0 bridgehead atoms. The molecule has 2 heterocycles. The zero-order chi connectivity index (χ0) is 11.5. The van der Waals surface area contributed by atoms with E-state index in [1.165, 1.54) is 0 Å². The molecule has 1 fully saturated rings. The molecule has 0 radical (unpaired) electrons. The second-order valence-corrected chi connectivity index (χ2v) is 4.15. The van der Waals surface area contributed by atoms with Gasteiger partial charge in [-0.25, -0.2) is 0 Å². The van der Waals surface area contributed by atoms with Crippen LogP contribution >= 0.6 is 0 Å². The van der Waals surface area contributed by atoms with Crippen molar-refractivity contribution >= 4 is 0 Å². The molecule has 2 atom stereocenters. The van der Waals surface area contributed by atoms with Gasteiger partial charge in [0.1, 0.15) is 0 Å². The zero-order valence-corrected chi connectivity index (χ0v) is 9.59. The van der Waals surface area contributed by atoms with Crippen LogP contribution in [0.1, 0.15) is 18.6 Å². The molecule has 0 aromatic carbocycles. The fraction of sp³-hybridized carbons (Fsp3) is 0.800. The fourth-order valence-electron chi connectivity index (χ4n) is 1.79. The van der Waals surface area contributed by atoms with Gasteiger partial charge in [-0.05, 0) is 6.92 Å². The molecule has 6 nitrogen and oxygen atoms in total. The maximum absolute atomic E-state index is 9.06. The summed E-state index contributed by atoms with van der Waals surface area (Å²) in [6, 6.07) is 0.307. The highest BCUT2D eigenvalue weighted by atomic mass is 16.5. The van der Waals surface area contributed by atoms with Gasteiger partial charge in [-0.1, -0.05) is 5.16 Å². The first-order chi connectivity index (χ1) is 7.69. The van der Waals surface area contributed by atoms with Crippen molar-refractivity contribution in [2.45, 2.75) is 32.5 Å². The van der Waals surface area contributed by atoms with Gasteiger partial charge in [-0.3, -0.25) is 4.90 Å². The van der Waals surface area contributed by atoms with E-state index >= 15 is 0 Å². The molecule has 1 aromatic heterocycles. The second-order valence-electron chi connectivity index (χ2n) is 4.15. The Morgan fingerprint density at radius 2 is 2.38 bits per heavy atom. The predicted octanol–water partition coefficient (Wildman–Crippen LogP) is -0.0404. The Morgan fingerprint density at radius 1 is 1.56 bits per heavy atom. The summed E-state index contributed by atoms with van der Waals surface area (Å²) in [5.41, 5.74) is 0. The van der Waals surface area contributed by atoms with Crippen LogP contribution in [0, 0.1) is 6.92 Å². The maximum atomic E-state index is 9.06. The monoisotopic (exact) mass is 227 g/mol. The van der Waals surface area contributed by atoms with E-state index in [-0.39, 0.29) is 12.7 Å². The van der Waals surface area contributed by atoms with Crippen LogP contribution in [-0.2, 0) is 11.3 Å². The third-order valence-corrected chi connectivity index (χ3v) is 2.75. The van der Waals surface area contributed by atoms with E-state index < -0.39 is 0 Å². The first kappa shape index (κ1) is 11.5. The molecule has 1 aromatic rings. The van der Waals surface area contributed by atoms with Gasteiger partial charge in [-0.2, -0.15) is 4.98 Å². The number of aromatic nitrogens is 2. The molecular weight excluding hydrogens is 210 g/mol. The van der Waals surface area contributed by atoms with Gasteiger partial charge in [0.05, 0.1) is 25.9 Å². The van der Waals surface area contributed by atoms with E-state index in [9.17, 15) is 0 Å². The van der Waals surface area contributed by atoms with E-state index in [4.69, 9.17) is 14.4 Å². The summed E-state index contributed by atoms with van der Waals surface area (Å²) >= 11 is 0. The Labute approximate surface area is 94.2 Å². The summed E-state index contributed by atoms with van der Waals surface area (Å²) in [6.45, 7) is 5.87. The van der Waals surface area contributed by atoms with Gasteiger partial charge in [0, 0.05) is 19.5 Å². The average molecular weight is 227 g/mol. The van der Waals surface area contributed by atoms with Crippen molar-refractivity contribution in [1.82, 2.24) is 15.0 Å². The fourth-order valence-corrected chi connectivity index (χ4v) is 1.79. The molecule has 0 saturated carbocycles. The van der Waals surface area contributed by atoms with E-state index in [1.807, 2.05) is 0 Å². The largest absolute Gasteiger partial charge is 0.394 e. The minimum absolute atomic E-state index is 0.0501. The lowest BCUT2D eigenvalue weighted by Gasteiger charge is -2.36. The Kier molecular flexibility index (Phi) is 3.52. The lowest BCUT2D eigenvalue weighted by Crippen LogP contribution is -2.49. The second kappa shape index (κ2) is 4.90. The number of aliphatic hydroxyl groups is 1. The van der Waals surface area contributed by atoms with Crippen LogP contribution in [0.25, 0.3) is 0 Å². The van der Waals surface area contributed by atoms with Crippen LogP contribution in [0.15, 0.2) is 4.52 Å². The first-order valence-electron chi connectivity index (χ1n) is 5.44. The van der Waals surface area contributed by atoms with Gasteiger partial charge >= 0.3 is 0 Å². The smallest absolute Gasteiger partial charge is 0.223 e. The molecule has 1 saturated heterocycles. The normalized spacial score (nSPS) is 27.2. The minimum Gasteiger partial charge on any atom is -0.394 e. The molecule has 90 valence electrons. The molecule has 2 unspecified atom stereocenters. The molecule has 16 heavy (non-hydrogen) atoms. The molecule has 2 rings (SSSR count). The van der Waals surface area contributed by atoms with Crippen molar-refractivity contribution in [3.8, 4) is 0 Å². The maximum Gasteiger partial charge on any atom is 0.223 e. The Bertz CT molecular complexity index is 342. The predicted molar refractivity (Wildman–Crippen MR) is 55.7 cm³/mol. The summed E-state index contributed by atoms with van der Waals surface area (Å²) < 4.78 is 10.4. The first-order valence-corrected chi connectivity index (χ1v) is 5.44. The lowest BCUT2D eigenvalue weighted by atomic mass is 10.2. The van der Waals surface area contributed by atoms with Crippen LogP contribution in [0.5, 0.6) is 0 Å². The number of aliphatic hydroxyl groups excluding tert-OH is 1. The lowest BCUT2D eigenvalue weighted by molar-refractivity contribution is -0.0813. The Morgan fingerprint density at radius 3 is 3.00 bits per heavy atom. The van der Waals surface area contributed by atoms with Crippen LogP contribution in [-0.4, -0.2) is 52.1 Å². The number of hydrogen-bond donors (Lipinski definition) is 1. The van der Waals surface area contributed by atoms with Crippen LogP contribution in [0.2, 0.25) is 0 Å². The van der Waals surface area contributed by atoms with E-state index in [2.05, 4.69) is 22.0 Å². The van der Waals surface area contributed by atoms with Crippen molar-refractivity contribution in [2.75, 3.05) is 19.8 Å². The molecule has 1 aliphatic heterocycles. The third kappa shape index (κ3) is 2.58. The Balaban J connectivity index is 1.96. The van der Waals surface area contributed by atoms with Crippen molar-refractivity contribution in [3.63, 3.8) is 0 Å². The number of nitrogens with zero attached hydrogens (tertiary/aromatic N) is 3. The van der Waals surface area contributed by atoms with Crippen LogP contribution in [0.3, 0.4) is 0 Å². The third-order valence-electron chi connectivity index (χ3n) is 2.75. The number of ether oxygens (including phenoxy) is 1. The van der Waals surface area contributed by atoms with Crippen molar-refractivity contribution in [3.05, 3.63) is 11.7 Å². The van der Waals surface area contributed by atoms with Crippen LogP contribution < -0.4 is 0 Å². The summed E-state index contributed by atoms with van der Waals surface area (Å²) in [5, 5.41) is 12.9. The van der Waals surface area contributed by atoms with Crippen LogP contribution in [0.4, 0.5) is 0 Å². The highest BCUT2D eigenvalue weighted by Crippen LogP contribution is 2.13. The SMILES string of the molecule is Cc1nc(CN2CC(CO)OCC2C)no1. The topological polar surface area (TPSA) is 71.6 Å². The minimum atomic E-state index is -0.107. The highest BCUT2D eigenvalue weighted by Gasteiger charge is 2.26. The number of rotatable bonds is 3. The molecule has 0 aliphatic carbocycles. The van der Waals surface area contributed by atoms with E-state index in [1.54, 1.807) is 6.92 Å². The standard InChI is InChI=1S/C10H17N3O3/c1-7-6-15-9(5-14)3-13(7)4-10-11-8(2)16-12-10/h7,9,14H,3-6H2,1-2H3. The molecular formula is C10H17N3O3. The Hall–Kier alpha value is -0.980. The van der Waals surface area contributed by atoms with Gasteiger partial charge < -0.3 is 14.4 Å². The van der Waals surface area contributed by atoms with Gasteiger partial charge in [0.15, 0.2) is 5.82 Å². The van der Waals surface area contributed by atoms with Gasteiger partial charge in [0.2, 0.25) is 5.89 Å². The zero-order valence-electron chi connectivity index (χ0n) is 9.59. The van der Waals surface area contributed by atoms with Gasteiger partial charge in [0.25, 0.3) is 0 Å². The van der Waals surface area contributed by atoms with E-state index in [0.717, 1.165) is 0 Å². The number of hydrogen-bond acceptors (Lipinski definition) is 6. The van der Waals surface area contributed by atoms with Crippen molar-refractivity contribution in [1.29, 1.82) is 0 Å². The highest BCUT2D eigenvalue weighted by molar-refractivity contribution is 4.87. The number of aryl methyl sites for hydroxylation is 1. The summed E-state index contributed by atoms with van der Waals surface area (Å²) in [4.78, 5) is 6.36. The quantitative estimate of drug-likeness (QED) is 0.781. The number of morpholine rings is 1. The van der Waals surface area contributed by atoms with E-state index in [0.29, 0.717) is 37.5 Å². The molecule has 1 aliphatic rings. The molecule has 1 N–H and O–H groups in total.